The molecule has 0 aliphatic carbocycles. The summed E-state index contributed by atoms with van der Waals surface area (Å²) in [7, 11) is 0. The fourth-order valence-corrected chi connectivity index (χ4v) is 3.58. The minimum Gasteiger partial charge on any atom is -0.326 e. The van der Waals surface area contributed by atoms with Gasteiger partial charge in [0.2, 0.25) is 0 Å². The van der Waals surface area contributed by atoms with Crippen LogP contribution in [-0.4, -0.2) is 0 Å². The molecule has 2 nitrogen and oxygen atoms in total. The Morgan fingerprint density at radius 1 is 0.429 bits per heavy atom. The fraction of sp³-hybridized carbons (Fsp3) is 0.0769. The van der Waals surface area contributed by atoms with Gasteiger partial charge in [-0.15, -0.1) is 0 Å². The molecule has 0 bridgehead atoms. The highest BCUT2D eigenvalue weighted by Gasteiger charge is 2.11. The van der Waals surface area contributed by atoms with E-state index in [0.717, 1.165) is 11.1 Å². The summed E-state index contributed by atoms with van der Waals surface area (Å²) in [6.45, 7) is 1.07. The molecule has 0 heterocycles. The van der Waals surface area contributed by atoms with Crippen molar-refractivity contribution in [2.75, 3.05) is 0 Å². The second kappa shape index (κ2) is 8.22. The van der Waals surface area contributed by atoms with Crippen LogP contribution in [0, 0.1) is 0 Å². The predicted octanol–water partition coefficient (Wildman–Crippen LogP) is 5.61. The maximum Gasteiger partial charge on any atom is 0.0178 e. The normalized spacial score (nSPS) is 10.8. The van der Waals surface area contributed by atoms with Gasteiger partial charge in [0.1, 0.15) is 0 Å². The molecule has 0 saturated carbocycles. The van der Waals surface area contributed by atoms with Crippen molar-refractivity contribution in [1.29, 1.82) is 0 Å². The van der Waals surface area contributed by atoms with E-state index in [-0.39, 0.29) is 0 Å². The van der Waals surface area contributed by atoms with Gasteiger partial charge in [-0.1, -0.05) is 78.9 Å². The zero-order chi connectivity index (χ0) is 19.3. The average molecular weight is 364 g/mol. The van der Waals surface area contributed by atoms with Crippen molar-refractivity contribution in [3.05, 3.63) is 108 Å². The molecule has 0 aliphatic heterocycles. The summed E-state index contributed by atoms with van der Waals surface area (Å²) in [6, 6.07) is 34.1. The molecule has 138 valence electrons. The summed E-state index contributed by atoms with van der Waals surface area (Å²) in [5, 5.41) is 0. The quantitative estimate of drug-likeness (QED) is 0.484. The van der Waals surface area contributed by atoms with Gasteiger partial charge in [0, 0.05) is 13.1 Å². The summed E-state index contributed by atoms with van der Waals surface area (Å²) in [4.78, 5) is 0. The fourth-order valence-electron chi connectivity index (χ4n) is 3.58. The summed E-state index contributed by atoms with van der Waals surface area (Å²) in [5.74, 6) is 0. The highest BCUT2D eigenvalue weighted by atomic mass is 14.5. The molecular weight excluding hydrogens is 340 g/mol. The standard InChI is InChI=1S/C26H24N2/c27-17-19-6-4-10-23(14-19)25-13-12-22(21-8-2-1-3-9-21)16-26(25)24-11-5-7-20(15-24)18-28/h1-16H,17-18,27-28H2. The van der Waals surface area contributed by atoms with Gasteiger partial charge in [-0.3, -0.25) is 0 Å². The molecule has 0 fully saturated rings. The van der Waals surface area contributed by atoms with Gasteiger partial charge in [0.15, 0.2) is 0 Å². The van der Waals surface area contributed by atoms with E-state index < -0.39 is 0 Å². The van der Waals surface area contributed by atoms with Crippen LogP contribution < -0.4 is 11.5 Å². The van der Waals surface area contributed by atoms with Gasteiger partial charge < -0.3 is 11.5 Å². The summed E-state index contributed by atoms with van der Waals surface area (Å²) in [5.41, 5.74) is 21.2. The van der Waals surface area contributed by atoms with Crippen molar-refractivity contribution in [2.45, 2.75) is 13.1 Å². The van der Waals surface area contributed by atoms with Gasteiger partial charge in [-0.2, -0.15) is 0 Å². The van der Waals surface area contributed by atoms with E-state index in [4.69, 9.17) is 11.5 Å². The first-order valence-corrected chi connectivity index (χ1v) is 9.57. The van der Waals surface area contributed by atoms with Gasteiger partial charge in [0.05, 0.1) is 0 Å². The number of nitrogens with two attached hydrogens (primary N) is 2. The molecule has 0 amide bonds. The summed E-state index contributed by atoms with van der Waals surface area (Å²) < 4.78 is 0. The second-order valence-electron chi connectivity index (χ2n) is 6.94. The van der Waals surface area contributed by atoms with Gasteiger partial charge in [0.25, 0.3) is 0 Å². The van der Waals surface area contributed by atoms with E-state index in [2.05, 4.69) is 91.0 Å². The number of rotatable bonds is 5. The van der Waals surface area contributed by atoms with Gasteiger partial charge in [-0.25, -0.2) is 0 Å². The Kier molecular flexibility index (Phi) is 5.34. The van der Waals surface area contributed by atoms with Crippen molar-refractivity contribution >= 4 is 0 Å². The lowest BCUT2D eigenvalue weighted by molar-refractivity contribution is 1.07. The SMILES string of the molecule is NCc1cccc(-c2ccc(-c3ccccc3)cc2-c2cccc(CN)c2)c1. The van der Waals surface area contributed by atoms with E-state index in [1.54, 1.807) is 0 Å². The van der Waals surface area contributed by atoms with Crippen LogP contribution in [0.4, 0.5) is 0 Å². The van der Waals surface area contributed by atoms with Crippen molar-refractivity contribution in [2.24, 2.45) is 11.5 Å². The maximum absolute atomic E-state index is 5.89. The van der Waals surface area contributed by atoms with Gasteiger partial charge >= 0.3 is 0 Å². The third kappa shape index (κ3) is 3.74. The molecule has 4 aromatic rings. The molecule has 0 unspecified atom stereocenters. The molecule has 0 aliphatic rings. The second-order valence-corrected chi connectivity index (χ2v) is 6.94. The van der Waals surface area contributed by atoms with Crippen LogP contribution in [-0.2, 0) is 13.1 Å². The first kappa shape index (κ1) is 18.2. The van der Waals surface area contributed by atoms with Crippen LogP contribution in [0.3, 0.4) is 0 Å². The van der Waals surface area contributed by atoms with Crippen molar-refractivity contribution in [1.82, 2.24) is 0 Å². The van der Waals surface area contributed by atoms with Crippen molar-refractivity contribution in [3.63, 3.8) is 0 Å². The number of hydrogen-bond donors (Lipinski definition) is 2. The third-order valence-electron chi connectivity index (χ3n) is 5.07. The molecule has 2 heteroatoms. The van der Waals surface area contributed by atoms with Crippen LogP contribution in [0.1, 0.15) is 11.1 Å². The Morgan fingerprint density at radius 2 is 1.00 bits per heavy atom. The number of benzene rings is 4. The molecule has 0 atom stereocenters. The largest absolute Gasteiger partial charge is 0.326 e. The first-order valence-electron chi connectivity index (χ1n) is 9.57. The Morgan fingerprint density at radius 3 is 1.61 bits per heavy atom. The Bertz CT molecular complexity index is 1080. The number of hydrogen-bond acceptors (Lipinski definition) is 2. The van der Waals surface area contributed by atoms with E-state index in [1.165, 1.54) is 33.4 Å². The first-order chi connectivity index (χ1) is 13.8. The van der Waals surface area contributed by atoms with Gasteiger partial charge in [-0.05, 0) is 62.7 Å². The molecule has 0 spiro atoms. The Balaban J connectivity index is 1.92. The molecular formula is C26H24N2. The van der Waals surface area contributed by atoms with E-state index >= 15 is 0 Å². The van der Waals surface area contributed by atoms with E-state index in [0.29, 0.717) is 13.1 Å². The van der Waals surface area contributed by atoms with Crippen LogP contribution >= 0.6 is 0 Å². The molecule has 0 aromatic heterocycles. The summed E-state index contributed by atoms with van der Waals surface area (Å²) >= 11 is 0. The molecule has 28 heavy (non-hydrogen) atoms. The molecule has 0 saturated heterocycles. The Hall–Kier alpha value is -3.20. The van der Waals surface area contributed by atoms with E-state index in [9.17, 15) is 0 Å². The lowest BCUT2D eigenvalue weighted by Gasteiger charge is -2.15. The maximum atomic E-state index is 5.89. The minimum absolute atomic E-state index is 0.532. The highest BCUT2D eigenvalue weighted by molar-refractivity contribution is 5.87. The average Bonchev–Trinajstić information content (AvgIpc) is 2.79. The Labute approximate surface area is 166 Å². The predicted molar refractivity (Wildman–Crippen MR) is 119 cm³/mol. The zero-order valence-electron chi connectivity index (χ0n) is 15.8. The topological polar surface area (TPSA) is 52.0 Å². The van der Waals surface area contributed by atoms with Crippen molar-refractivity contribution in [3.8, 4) is 33.4 Å². The molecule has 0 radical (unpaired) electrons. The molecule has 4 aromatic carbocycles. The monoisotopic (exact) mass is 364 g/mol. The van der Waals surface area contributed by atoms with Crippen LogP contribution in [0.25, 0.3) is 33.4 Å². The smallest absolute Gasteiger partial charge is 0.0178 e. The van der Waals surface area contributed by atoms with Crippen LogP contribution in [0.15, 0.2) is 97.1 Å². The minimum atomic E-state index is 0.532. The third-order valence-corrected chi connectivity index (χ3v) is 5.07. The molecule has 4 N–H and O–H groups in total. The van der Waals surface area contributed by atoms with E-state index in [1.807, 2.05) is 6.07 Å². The van der Waals surface area contributed by atoms with Crippen LogP contribution in [0.5, 0.6) is 0 Å². The highest BCUT2D eigenvalue weighted by Crippen LogP contribution is 2.36. The van der Waals surface area contributed by atoms with Crippen molar-refractivity contribution < 1.29 is 0 Å². The summed E-state index contributed by atoms with van der Waals surface area (Å²) in [6.07, 6.45) is 0. The molecule has 4 rings (SSSR count). The zero-order valence-corrected chi connectivity index (χ0v) is 15.8. The lowest BCUT2D eigenvalue weighted by atomic mass is 9.90. The van der Waals surface area contributed by atoms with Crippen LogP contribution in [0.2, 0.25) is 0 Å². The lowest BCUT2D eigenvalue weighted by Crippen LogP contribution is -1.97.